The largest absolute Gasteiger partial charge is 0.507 e. The highest BCUT2D eigenvalue weighted by Gasteiger charge is 2.06. The topological polar surface area (TPSA) is 33.1 Å². The first kappa shape index (κ1) is 10.7. The van der Waals surface area contributed by atoms with Gasteiger partial charge in [-0.1, -0.05) is 18.2 Å². The van der Waals surface area contributed by atoms with Gasteiger partial charge in [-0.05, 0) is 35.9 Å². The molecule has 0 radical (unpaired) electrons. The normalized spacial score (nSPS) is 10.7. The average Bonchev–Trinajstić information content (AvgIpc) is 2.41. The maximum Gasteiger partial charge on any atom is 0.124 e. The van der Waals surface area contributed by atoms with Gasteiger partial charge in [0.15, 0.2) is 0 Å². The van der Waals surface area contributed by atoms with E-state index in [1.54, 1.807) is 6.20 Å². The zero-order chi connectivity index (χ0) is 12.5. The van der Waals surface area contributed by atoms with E-state index in [2.05, 4.69) is 4.98 Å². The Morgan fingerprint density at radius 3 is 2.78 bits per heavy atom. The Balaban J connectivity index is 2.22. The molecule has 1 aromatic heterocycles. The van der Waals surface area contributed by atoms with Gasteiger partial charge in [-0.2, -0.15) is 0 Å². The van der Waals surface area contributed by atoms with Gasteiger partial charge in [-0.15, -0.1) is 0 Å². The molecule has 0 atom stereocenters. The van der Waals surface area contributed by atoms with Crippen LogP contribution in [0.2, 0.25) is 0 Å². The van der Waals surface area contributed by atoms with Crippen molar-refractivity contribution >= 4 is 10.9 Å². The molecule has 3 aromatic rings. The number of phenolic OH excluding ortho intramolecular Hbond substituents is 1. The number of aromatic nitrogens is 1. The molecule has 0 fully saturated rings. The zero-order valence-electron chi connectivity index (χ0n) is 9.47. The van der Waals surface area contributed by atoms with Gasteiger partial charge in [0.25, 0.3) is 0 Å². The minimum Gasteiger partial charge on any atom is -0.507 e. The van der Waals surface area contributed by atoms with Crippen molar-refractivity contribution in [2.75, 3.05) is 0 Å². The maximum atomic E-state index is 13.2. The van der Waals surface area contributed by atoms with Crippen LogP contribution in [0, 0.1) is 5.82 Å². The van der Waals surface area contributed by atoms with Crippen LogP contribution in [0.3, 0.4) is 0 Å². The lowest BCUT2D eigenvalue weighted by Gasteiger charge is -2.06. The van der Waals surface area contributed by atoms with E-state index in [1.807, 2.05) is 30.3 Å². The number of pyridine rings is 1. The summed E-state index contributed by atoms with van der Waals surface area (Å²) in [5.41, 5.74) is 2.04. The second-order valence-electron chi connectivity index (χ2n) is 4.07. The summed E-state index contributed by atoms with van der Waals surface area (Å²) in [6.07, 6.45) is 1.71. The minimum atomic E-state index is -0.371. The van der Waals surface area contributed by atoms with Crippen molar-refractivity contribution in [1.29, 1.82) is 0 Å². The molecule has 3 heteroatoms. The van der Waals surface area contributed by atoms with Gasteiger partial charge >= 0.3 is 0 Å². The summed E-state index contributed by atoms with van der Waals surface area (Å²) >= 11 is 0. The van der Waals surface area contributed by atoms with Crippen molar-refractivity contribution in [2.45, 2.75) is 0 Å². The van der Waals surface area contributed by atoms with Crippen LogP contribution in [-0.4, -0.2) is 10.1 Å². The molecule has 1 heterocycles. The Bertz CT molecular complexity index is 725. The van der Waals surface area contributed by atoms with Crippen LogP contribution in [0.15, 0.2) is 54.7 Å². The lowest BCUT2D eigenvalue weighted by molar-refractivity contribution is 0.475. The van der Waals surface area contributed by atoms with Crippen molar-refractivity contribution in [3.05, 3.63) is 60.5 Å². The van der Waals surface area contributed by atoms with Crippen LogP contribution in [-0.2, 0) is 0 Å². The summed E-state index contributed by atoms with van der Waals surface area (Å²) in [6, 6.07) is 13.3. The fourth-order valence-corrected chi connectivity index (χ4v) is 1.97. The second kappa shape index (κ2) is 4.11. The summed E-state index contributed by atoms with van der Waals surface area (Å²) in [5.74, 6) is -0.310. The van der Waals surface area contributed by atoms with E-state index < -0.39 is 0 Å². The van der Waals surface area contributed by atoms with Gasteiger partial charge in [-0.3, -0.25) is 4.98 Å². The van der Waals surface area contributed by atoms with E-state index in [0.717, 1.165) is 16.5 Å². The van der Waals surface area contributed by atoms with Crippen LogP contribution >= 0.6 is 0 Å². The van der Waals surface area contributed by atoms with Gasteiger partial charge in [-0.25, -0.2) is 4.39 Å². The van der Waals surface area contributed by atoms with E-state index >= 15 is 0 Å². The van der Waals surface area contributed by atoms with E-state index in [-0.39, 0.29) is 11.6 Å². The van der Waals surface area contributed by atoms with E-state index in [0.29, 0.717) is 5.56 Å². The molecule has 0 saturated heterocycles. The highest BCUT2D eigenvalue weighted by Crippen LogP contribution is 2.31. The van der Waals surface area contributed by atoms with Gasteiger partial charge in [0.2, 0.25) is 0 Å². The van der Waals surface area contributed by atoms with Gasteiger partial charge in [0, 0.05) is 17.1 Å². The molecule has 88 valence electrons. The fourth-order valence-electron chi connectivity index (χ4n) is 1.97. The van der Waals surface area contributed by atoms with Gasteiger partial charge in [0.1, 0.15) is 11.6 Å². The standard InChI is InChI=1S/C15H10FNO/c16-12-5-6-15(18)13(9-12)11-4-3-10-2-1-7-17-14(10)8-11/h1-9,18H. The number of fused-ring (bicyclic) bond motifs is 1. The van der Waals surface area contributed by atoms with Crippen LogP contribution in [0.5, 0.6) is 5.75 Å². The molecule has 0 aliphatic heterocycles. The number of phenols is 1. The number of rotatable bonds is 1. The monoisotopic (exact) mass is 239 g/mol. The number of aromatic hydroxyl groups is 1. The van der Waals surface area contributed by atoms with Crippen molar-refractivity contribution in [3.63, 3.8) is 0 Å². The van der Waals surface area contributed by atoms with Crippen molar-refractivity contribution < 1.29 is 9.50 Å². The summed E-state index contributed by atoms with van der Waals surface area (Å²) in [5, 5.41) is 10.8. The number of hydrogen-bond acceptors (Lipinski definition) is 2. The maximum absolute atomic E-state index is 13.2. The molecule has 0 saturated carbocycles. The van der Waals surface area contributed by atoms with Gasteiger partial charge in [0.05, 0.1) is 5.52 Å². The summed E-state index contributed by atoms with van der Waals surface area (Å²) in [4.78, 5) is 4.24. The smallest absolute Gasteiger partial charge is 0.124 e. The Kier molecular flexibility index (Phi) is 2.45. The first-order valence-electron chi connectivity index (χ1n) is 5.58. The lowest BCUT2D eigenvalue weighted by Crippen LogP contribution is -1.84. The molecule has 0 amide bonds. The molecule has 2 aromatic carbocycles. The van der Waals surface area contributed by atoms with E-state index in [4.69, 9.17) is 0 Å². The van der Waals surface area contributed by atoms with Crippen molar-refractivity contribution in [3.8, 4) is 16.9 Å². The first-order valence-corrected chi connectivity index (χ1v) is 5.58. The fraction of sp³-hybridized carbons (Fsp3) is 0. The second-order valence-corrected chi connectivity index (χ2v) is 4.07. The molecule has 0 aliphatic rings. The zero-order valence-corrected chi connectivity index (χ0v) is 9.47. The van der Waals surface area contributed by atoms with E-state index in [9.17, 15) is 9.50 Å². The molecule has 2 nitrogen and oxygen atoms in total. The predicted molar refractivity (Wildman–Crippen MR) is 68.8 cm³/mol. The molecule has 0 bridgehead atoms. The van der Waals surface area contributed by atoms with Crippen LogP contribution in [0.4, 0.5) is 4.39 Å². The molecular formula is C15H10FNO. The third-order valence-corrected chi connectivity index (χ3v) is 2.88. The van der Waals surface area contributed by atoms with Crippen LogP contribution in [0.1, 0.15) is 0 Å². The number of benzene rings is 2. The van der Waals surface area contributed by atoms with Gasteiger partial charge < -0.3 is 5.11 Å². The molecule has 1 N–H and O–H groups in total. The summed E-state index contributed by atoms with van der Waals surface area (Å²) < 4.78 is 13.2. The molecule has 0 spiro atoms. The number of hydrogen-bond donors (Lipinski definition) is 1. The average molecular weight is 239 g/mol. The number of halogens is 1. The van der Waals surface area contributed by atoms with Crippen LogP contribution in [0.25, 0.3) is 22.0 Å². The summed E-state index contributed by atoms with van der Waals surface area (Å²) in [6.45, 7) is 0. The van der Waals surface area contributed by atoms with Crippen molar-refractivity contribution in [1.82, 2.24) is 4.98 Å². The third kappa shape index (κ3) is 1.80. The predicted octanol–water partition coefficient (Wildman–Crippen LogP) is 3.75. The Hall–Kier alpha value is -2.42. The quantitative estimate of drug-likeness (QED) is 0.701. The highest BCUT2D eigenvalue weighted by molar-refractivity contribution is 5.85. The molecular weight excluding hydrogens is 229 g/mol. The summed E-state index contributed by atoms with van der Waals surface area (Å²) in [7, 11) is 0. The SMILES string of the molecule is Oc1ccc(F)cc1-c1ccc2cccnc2c1. The Labute approximate surface area is 103 Å². The number of nitrogens with zero attached hydrogens (tertiary/aromatic N) is 1. The first-order chi connectivity index (χ1) is 8.74. The molecule has 3 rings (SSSR count). The minimum absolute atomic E-state index is 0.0617. The van der Waals surface area contributed by atoms with E-state index in [1.165, 1.54) is 18.2 Å². The molecule has 0 aliphatic carbocycles. The molecule has 18 heavy (non-hydrogen) atoms. The van der Waals surface area contributed by atoms with Crippen molar-refractivity contribution in [2.24, 2.45) is 0 Å². The Morgan fingerprint density at radius 1 is 1.00 bits per heavy atom. The lowest BCUT2D eigenvalue weighted by atomic mass is 10.0. The van der Waals surface area contributed by atoms with Crippen LogP contribution < -0.4 is 0 Å². The third-order valence-electron chi connectivity index (χ3n) is 2.88. The Morgan fingerprint density at radius 2 is 1.89 bits per heavy atom. The highest BCUT2D eigenvalue weighted by atomic mass is 19.1. The molecule has 0 unspecified atom stereocenters.